The number of carbonyl (C=O) groups excluding carboxylic acids is 3. The summed E-state index contributed by atoms with van der Waals surface area (Å²) >= 11 is 0. The smallest absolute Gasteiger partial charge is 0.324 e. The number of barbiturate groups is 1. The van der Waals surface area contributed by atoms with Crippen LogP contribution in [0.4, 0.5) is 9.18 Å². The number of imide groups is 2. The maximum Gasteiger partial charge on any atom is 0.331 e. The number of urea groups is 1. The van der Waals surface area contributed by atoms with Crippen molar-refractivity contribution in [3.8, 4) is 0 Å². The van der Waals surface area contributed by atoms with Crippen LogP contribution in [0, 0.1) is 11.7 Å². The van der Waals surface area contributed by atoms with Gasteiger partial charge in [0.15, 0.2) is 0 Å². The zero-order valence-corrected chi connectivity index (χ0v) is 13.1. The zero-order chi connectivity index (χ0) is 17.1. The van der Waals surface area contributed by atoms with E-state index in [4.69, 9.17) is 5.73 Å². The lowest BCUT2D eigenvalue weighted by molar-refractivity contribution is -0.144. The number of benzene rings is 1. The maximum atomic E-state index is 13.2. The number of nitrogens with zero attached hydrogens (tertiary/aromatic N) is 1. The molecule has 1 aliphatic heterocycles. The van der Waals surface area contributed by atoms with Gasteiger partial charge in [-0.3, -0.25) is 19.8 Å². The van der Waals surface area contributed by atoms with Gasteiger partial charge in [0.25, 0.3) is 0 Å². The van der Waals surface area contributed by atoms with Crippen molar-refractivity contribution >= 4 is 17.8 Å². The third-order valence-corrected chi connectivity index (χ3v) is 3.86. The van der Waals surface area contributed by atoms with E-state index in [0.717, 1.165) is 4.90 Å². The molecule has 124 valence electrons. The molecule has 1 aliphatic rings. The molecule has 2 atom stereocenters. The van der Waals surface area contributed by atoms with Gasteiger partial charge in [-0.25, -0.2) is 9.18 Å². The summed E-state index contributed by atoms with van der Waals surface area (Å²) in [7, 11) is 0. The number of carbonyl (C=O) groups is 3. The number of amides is 4. The lowest BCUT2D eigenvalue weighted by Crippen LogP contribution is -2.59. The summed E-state index contributed by atoms with van der Waals surface area (Å²) in [6, 6.07) is 4.38. The van der Waals surface area contributed by atoms with Crippen LogP contribution in [0.15, 0.2) is 24.3 Å². The Morgan fingerprint density at radius 1 is 1.30 bits per heavy atom. The molecule has 7 heteroatoms. The third-order valence-electron chi connectivity index (χ3n) is 3.86. The van der Waals surface area contributed by atoms with Gasteiger partial charge in [-0.1, -0.05) is 12.1 Å². The summed E-state index contributed by atoms with van der Waals surface area (Å²) in [5.74, 6) is -2.46. The summed E-state index contributed by atoms with van der Waals surface area (Å²) in [4.78, 5) is 37.0. The van der Waals surface area contributed by atoms with Crippen LogP contribution in [0.2, 0.25) is 0 Å². The fourth-order valence-corrected chi connectivity index (χ4v) is 2.63. The standard InChI is InChI=1S/C16H20FN3O3/c1-9(2)20-15(22)12(14(21)19-16(20)23)6-7-13(18)10-4-3-5-11(17)8-10/h3-5,8-9,12-13H,6-7,18H2,1-2H3,(H,19,21,23). The summed E-state index contributed by atoms with van der Waals surface area (Å²) < 4.78 is 13.2. The summed E-state index contributed by atoms with van der Waals surface area (Å²) in [5.41, 5.74) is 6.61. The van der Waals surface area contributed by atoms with E-state index >= 15 is 0 Å². The average molecular weight is 321 g/mol. The van der Waals surface area contributed by atoms with Crippen LogP contribution in [0.1, 0.15) is 38.3 Å². The minimum Gasteiger partial charge on any atom is -0.324 e. The van der Waals surface area contributed by atoms with Crippen molar-refractivity contribution in [3.05, 3.63) is 35.6 Å². The highest BCUT2D eigenvalue weighted by Crippen LogP contribution is 2.23. The molecule has 0 aliphatic carbocycles. The Morgan fingerprint density at radius 2 is 2.00 bits per heavy atom. The molecule has 1 aromatic rings. The van der Waals surface area contributed by atoms with E-state index in [-0.39, 0.29) is 18.3 Å². The number of hydrogen-bond acceptors (Lipinski definition) is 4. The van der Waals surface area contributed by atoms with Crippen LogP contribution in [0.3, 0.4) is 0 Å². The predicted octanol–water partition coefficient (Wildman–Crippen LogP) is 1.71. The van der Waals surface area contributed by atoms with E-state index in [9.17, 15) is 18.8 Å². The van der Waals surface area contributed by atoms with Crippen LogP contribution in [0.5, 0.6) is 0 Å². The van der Waals surface area contributed by atoms with Crippen molar-refractivity contribution in [3.63, 3.8) is 0 Å². The molecule has 1 aromatic carbocycles. The fourth-order valence-electron chi connectivity index (χ4n) is 2.63. The summed E-state index contributed by atoms with van der Waals surface area (Å²) in [6.45, 7) is 3.39. The molecule has 0 aromatic heterocycles. The van der Waals surface area contributed by atoms with Crippen molar-refractivity contribution in [1.29, 1.82) is 0 Å². The van der Waals surface area contributed by atoms with Crippen molar-refractivity contribution in [2.45, 2.75) is 38.8 Å². The maximum absolute atomic E-state index is 13.2. The first-order valence-corrected chi connectivity index (χ1v) is 7.50. The second-order valence-electron chi connectivity index (χ2n) is 5.89. The van der Waals surface area contributed by atoms with E-state index in [1.54, 1.807) is 26.0 Å². The zero-order valence-electron chi connectivity index (χ0n) is 13.1. The van der Waals surface area contributed by atoms with Gasteiger partial charge in [-0.2, -0.15) is 0 Å². The molecule has 1 fully saturated rings. The first-order valence-electron chi connectivity index (χ1n) is 7.50. The Balaban J connectivity index is 2.05. The lowest BCUT2D eigenvalue weighted by atomic mass is 9.93. The molecule has 0 saturated carbocycles. The molecular formula is C16H20FN3O3. The van der Waals surface area contributed by atoms with Crippen molar-refractivity contribution in [2.75, 3.05) is 0 Å². The number of hydrogen-bond donors (Lipinski definition) is 2. The van der Waals surface area contributed by atoms with E-state index in [1.807, 2.05) is 0 Å². The van der Waals surface area contributed by atoms with Crippen LogP contribution in [-0.4, -0.2) is 28.8 Å². The van der Waals surface area contributed by atoms with Gasteiger partial charge >= 0.3 is 6.03 Å². The van der Waals surface area contributed by atoms with Crippen molar-refractivity contribution < 1.29 is 18.8 Å². The largest absolute Gasteiger partial charge is 0.331 e. The number of nitrogens with two attached hydrogens (primary N) is 1. The molecule has 1 heterocycles. The number of halogens is 1. The molecule has 0 bridgehead atoms. The monoisotopic (exact) mass is 321 g/mol. The molecule has 1 saturated heterocycles. The van der Waals surface area contributed by atoms with Gasteiger partial charge in [0.1, 0.15) is 11.7 Å². The fraction of sp³-hybridized carbons (Fsp3) is 0.438. The van der Waals surface area contributed by atoms with Gasteiger partial charge in [0, 0.05) is 12.1 Å². The SMILES string of the molecule is CC(C)N1C(=O)NC(=O)C(CCC(N)c2cccc(F)c2)C1=O. The number of nitrogens with one attached hydrogen (secondary N) is 1. The van der Waals surface area contributed by atoms with Crippen molar-refractivity contribution in [1.82, 2.24) is 10.2 Å². The second-order valence-corrected chi connectivity index (χ2v) is 5.89. The highest BCUT2D eigenvalue weighted by atomic mass is 19.1. The molecular weight excluding hydrogens is 301 g/mol. The second kappa shape index (κ2) is 6.87. The van der Waals surface area contributed by atoms with E-state index in [0.29, 0.717) is 12.0 Å². The normalized spacial score (nSPS) is 20.0. The van der Waals surface area contributed by atoms with E-state index < -0.39 is 29.8 Å². The topological polar surface area (TPSA) is 92.5 Å². The molecule has 2 unspecified atom stereocenters. The Labute approximate surface area is 133 Å². The Kier molecular flexibility index (Phi) is 5.10. The third kappa shape index (κ3) is 3.73. The molecule has 0 radical (unpaired) electrons. The van der Waals surface area contributed by atoms with Gasteiger partial charge in [-0.15, -0.1) is 0 Å². The highest BCUT2D eigenvalue weighted by molar-refractivity contribution is 6.16. The predicted molar refractivity (Wildman–Crippen MR) is 81.6 cm³/mol. The Hall–Kier alpha value is -2.28. The summed E-state index contributed by atoms with van der Waals surface area (Å²) in [6.07, 6.45) is 0.520. The molecule has 2 rings (SSSR count). The van der Waals surface area contributed by atoms with Crippen molar-refractivity contribution in [2.24, 2.45) is 11.7 Å². The van der Waals surface area contributed by atoms with Gasteiger partial charge < -0.3 is 5.73 Å². The molecule has 3 N–H and O–H groups in total. The quantitative estimate of drug-likeness (QED) is 0.808. The van der Waals surface area contributed by atoms with E-state index in [1.165, 1.54) is 12.1 Å². The molecule has 6 nitrogen and oxygen atoms in total. The first kappa shape index (κ1) is 17.1. The minimum atomic E-state index is -0.949. The summed E-state index contributed by atoms with van der Waals surface area (Å²) in [5, 5.41) is 2.19. The molecule has 23 heavy (non-hydrogen) atoms. The Morgan fingerprint density at radius 3 is 2.61 bits per heavy atom. The average Bonchev–Trinajstić information content (AvgIpc) is 2.45. The van der Waals surface area contributed by atoms with Crippen LogP contribution < -0.4 is 11.1 Å². The Bertz CT molecular complexity index is 633. The van der Waals surface area contributed by atoms with Crippen LogP contribution in [-0.2, 0) is 9.59 Å². The molecule has 0 spiro atoms. The minimum absolute atomic E-state index is 0.193. The van der Waals surface area contributed by atoms with Gasteiger partial charge in [0.2, 0.25) is 11.8 Å². The van der Waals surface area contributed by atoms with E-state index in [2.05, 4.69) is 5.32 Å². The van der Waals surface area contributed by atoms with Gasteiger partial charge in [0.05, 0.1) is 0 Å². The first-order chi connectivity index (χ1) is 10.8. The lowest BCUT2D eigenvalue weighted by Gasteiger charge is -2.33. The van der Waals surface area contributed by atoms with Gasteiger partial charge in [-0.05, 0) is 44.4 Å². The highest BCUT2D eigenvalue weighted by Gasteiger charge is 2.41. The number of rotatable bonds is 5. The molecule has 4 amide bonds. The van der Waals surface area contributed by atoms with Crippen LogP contribution in [0.25, 0.3) is 0 Å². The van der Waals surface area contributed by atoms with Crippen LogP contribution >= 0.6 is 0 Å².